The number of nitro groups is 1. The Kier molecular flexibility index (Phi) is 4.42. The lowest BCUT2D eigenvalue weighted by Crippen LogP contribution is -2.03. The first kappa shape index (κ1) is 14.6. The first-order valence-electron chi connectivity index (χ1n) is 5.59. The van der Waals surface area contributed by atoms with E-state index in [4.69, 9.17) is 23.2 Å². The largest absolute Gasteiger partial charge is 0.375 e. The zero-order valence-corrected chi connectivity index (χ0v) is 11.6. The van der Waals surface area contributed by atoms with Crippen LogP contribution in [0.25, 0.3) is 0 Å². The van der Waals surface area contributed by atoms with Crippen LogP contribution in [-0.4, -0.2) is 4.92 Å². The number of benzene rings is 2. The third kappa shape index (κ3) is 3.37. The third-order valence-electron chi connectivity index (χ3n) is 2.62. The Labute approximate surface area is 124 Å². The summed E-state index contributed by atoms with van der Waals surface area (Å²) in [5, 5.41) is 14.2. The standard InChI is InChI=1S/C13H9Cl2FN2O2/c14-9-2-4-13(18(19)20)12(6-9)17-7-8-1-3-10(15)11(16)5-8/h1-6,17H,7H2. The summed E-state index contributed by atoms with van der Waals surface area (Å²) in [6.07, 6.45) is 0. The summed E-state index contributed by atoms with van der Waals surface area (Å²) in [4.78, 5) is 10.4. The van der Waals surface area contributed by atoms with Gasteiger partial charge in [0.1, 0.15) is 11.5 Å². The maximum absolute atomic E-state index is 13.3. The Morgan fingerprint density at radius 3 is 2.60 bits per heavy atom. The van der Waals surface area contributed by atoms with Crippen LogP contribution in [0.5, 0.6) is 0 Å². The van der Waals surface area contributed by atoms with Gasteiger partial charge in [-0.3, -0.25) is 10.1 Å². The third-order valence-corrected chi connectivity index (χ3v) is 3.16. The summed E-state index contributed by atoms with van der Waals surface area (Å²) in [5.74, 6) is -0.536. The molecule has 2 aromatic rings. The van der Waals surface area contributed by atoms with Gasteiger partial charge in [-0.05, 0) is 29.8 Å². The second kappa shape index (κ2) is 6.07. The number of anilines is 1. The molecule has 0 unspecified atom stereocenters. The number of rotatable bonds is 4. The summed E-state index contributed by atoms with van der Waals surface area (Å²) < 4.78 is 13.3. The molecule has 0 atom stereocenters. The molecular formula is C13H9Cl2FN2O2. The molecule has 104 valence electrons. The van der Waals surface area contributed by atoms with E-state index in [9.17, 15) is 14.5 Å². The molecule has 0 aromatic heterocycles. The lowest BCUT2D eigenvalue weighted by molar-refractivity contribution is -0.384. The second-order valence-corrected chi connectivity index (χ2v) is 4.86. The number of hydrogen-bond donors (Lipinski definition) is 1. The van der Waals surface area contributed by atoms with Crippen LogP contribution in [0, 0.1) is 15.9 Å². The second-order valence-electron chi connectivity index (χ2n) is 4.02. The summed E-state index contributed by atoms with van der Waals surface area (Å²) >= 11 is 11.4. The molecule has 0 aliphatic carbocycles. The van der Waals surface area contributed by atoms with Crippen LogP contribution in [0.4, 0.5) is 15.8 Å². The molecule has 0 aliphatic heterocycles. The van der Waals surface area contributed by atoms with Crippen molar-refractivity contribution in [2.45, 2.75) is 6.54 Å². The SMILES string of the molecule is O=[N+]([O-])c1ccc(Cl)cc1NCc1ccc(Cl)c(F)c1. The van der Waals surface area contributed by atoms with Gasteiger partial charge in [-0.25, -0.2) is 4.39 Å². The average molecular weight is 315 g/mol. The monoisotopic (exact) mass is 314 g/mol. The fourth-order valence-electron chi connectivity index (χ4n) is 1.66. The molecule has 2 aromatic carbocycles. The lowest BCUT2D eigenvalue weighted by atomic mass is 10.2. The van der Waals surface area contributed by atoms with E-state index < -0.39 is 10.7 Å². The Bertz CT molecular complexity index is 665. The predicted molar refractivity (Wildman–Crippen MR) is 76.8 cm³/mol. The van der Waals surface area contributed by atoms with Crippen LogP contribution in [0.3, 0.4) is 0 Å². The summed E-state index contributed by atoms with van der Waals surface area (Å²) in [5.41, 5.74) is 0.794. The molecule has 1 N–H and O–H groups in total. The zero-order valence-electron chi connectivity index (χ0n) is 10.1. The maximum Gasteiger partial charge on any atom is 0.292 e. The fraction of sp³-hybridized carbons (Fsp3) is 0.0769. The van der Waals surface area contributed by atoms with Gasteiger partial charge in [-0.2, -0.15) is 0 Å². The van der Waals surface area contributed by atoms with Gasteiger partial charge < -0.3 is 5.32 Å². The molecule has 0 fully saturated rings. The minimum atomic E-state index is -0.536. The van der Waals surface area contributed by atoms with Crippen molar-refractivity contribution in [1.82, 2.24) is 0 Å². The Hall–Kier alpha value is -1.85. The number of nitrogens with zero attached hydrogens (tertiary/aromatic N) is 1. The average Bonchev–Trinajstić information content (AvgIpc) is 2.40. The molecule has 0 amide bonds. The number of hydrogen-bond acceptors (Lipinski definition) is 3. The fourth-order valence-corrected chi connectivity index (χ4v) is 1.95. The van der Waals surface area contributed by atoms with Crippen LogP contribution in [0.2, 0.25) is 10.0 Å². The van der Waals surface area contributed by atoms with E-state index in [2.05, 4.69) is 5.32 Å². The van der Waals surface area contributed by atoms with Crippen LogP contribution in [0.1, 0.15) is 5.56 Å². The molecule has 20 heavy (non-hydrogen) atoms. The van der Waals surface area contributed by atoms with Crippen LogP contribution in [-0.2, 0) is 6.54 Å². The Morgan fingerprint density at radius 2 is 1.95 bits per heavy atom. The van der Waals surface area contributed by atoms with Crippen molar-refractivity contribution >= 4 is 34.6 Å². The first-order valence-corrected chi connectivity index (χ1v) is 6.34. The van der Waals surface area contributed by atoms with Gasteiger partial charge in [-0.15, -0.1) is 0 Å². The van der Waals surface area contributed by atoms with Crippen LogP contribution in [0.15, 0.2) is 36.4 Å². The molecule has 0 saturated heterocycles. The van der Waals surface area contributed by atoms with Crippen molar-refractivity contribution in [1.29, 1.82) is 0 Å². The molecule has 2 rings (SSSR count). The highest BCUT2D eigenvalue weighted by atomic mass is 35.5. The number of nitro benzene ring substituents is 1. The molecule has 7 heteroatoms. The van der Waals surface area contributed by atoms with E-state index >= 15 is 0 Å². The van der Waals surface area contributed by atoms with Crippen molar-refractivity contribution in [3.63, 3.8) is 0 Å². The smallest absolute Gasteiger partial charge is 0.292 e. The normalized spacial score (nSPS) is 10.3. The highest BCUT2D eigenvalue weighted by Crippen LogP contribution is 2.28. The van der Waals surface area contributed by atoms with E-state index in [1.807, 2.05) is 0 Å². The number of halogens is 3. The van der Waals surface area contributed by atoms with Crippen molar-refractivity contribution in [2.75, 3.05) is 5.32 Å². The van der Waals surface area contributed by atoms with Crippen molar-refractivity contribution in [3.05, 3.63) is 67.9 Å². The van der Waals surface area contributed by atoms with Crippen molar-refractivity contribution < 1.29 is 9.31 Å². The van der Waals surface area contributed by atoms with E-state index in [0.29, 0.717) is 10.6 Å². The van der Waals surface area contributed by atoms with Gasteiger partial charge >= 0.3 is 0 Å². The predicted octanol–water partition coefficient (Wildman–Crippen LogP) is 4.65. The molecule has 0 spiro atoms. The topological polar surface area (TPSA) is 55.2 Å². The highest BCUT2D eigenvalue weighted by molar-refractivity contribution is 6.31. The molecule has 0 aliphatic rings. The van der Waals surface area contributed by atoms with E-state index in [1.54, 1.807) is 6.07 Å². The minimum Gasteiger partial charge on any atom is -0.375 e. The van der Waals surface area contributed by atoms with Gasteiger partial charge in [0, 0.05) is 17.6 Å². The number of nitrogens with one attached hydrogen (secondary N) is 1. The quantitative estimate of drug-likeness (QED) is 0.660. The molecule has 0 radical (unpaired) electrons. The van der Waals surface area contributed by atoms with Crippen LogP contribution < -0.4 is 5.32 Å². The first-order chi connectivity index (χ1) is 9.47. The Morgan fingerprint density at radius 1 is 1.20 bits per heavy atom. The van der Waals surface area contributed by atoms with Gasteiger partial charge in [-0.1, -0.05) is 29.3 Å². The van der Waals surface area contributed by atoms with Gasteiger partial charge in [0.2, 0.25) is 0 Å². The summed E-state index contributed by atoms with van der Waals surface area (Å²) in [7, 11) is 0. The minimum absolute atomic E-state index is 0.0301. The van der Waals surface area contributed by atoms with E-state index in [0.717, 1.165) is 0 Å². The van der Waals surface area contributed by atoms with Gasteiger partial charge in [0.15, 0.2) is 0 Å². The van der Waals surface area contributed by atoms with E-state index in [-0.39, 0.29) is 22.9 Å². The highest BCUT2D eigenvalue weighted by Gasteiger charge is 2.13. The van der Waals surface area contributed by atoms with Gasteiger partial charge in [0.25, 0.3) is 5.69 Å². The lowest BCUT2D eigenvalue weighted by Gasteiger charge is -2.08. The Balaban J connectivity index is 2.20. The molecule has 0 saturated carbocycles. The molecule has 0 bridgehead atoms. The zero-order chi connectivity index (χ0) is 14.7. The van der Waals surface area contributed by atoms with E-state index in [1.165, 1.54) is 30.3 Å². The van der Waals surface area contributed by atoms with Crippen molar-refractivity contribution in [2.24, 2.45) is 0 Å². The molecule has 4 nitrogen and oxygen atoms in total. The maximum atomic E-state index is 13.3. The molecular weight excluding hydrogens is 306 g/mol. The molecule has 0 heterocycles. The van der Waals surface area contributed by atoms with Gasteiger partial charge in [0.05, 0.1) is 9.95 Å². The summed E-state index contributed by atoms with van der Waals surface area (Å²) in [6.45, 7) is 0.218. The van der Waals surface area contributed by atoms with Crippen LogP contribution >= 0.6 is 23.2 Å². The summed E-state index contributed by atoms with van der Waals surface area (Å²) in [6, 6.07) is 8.53. The van der Waals surface area contributed by atoms with Crippen molar-refractivity contribution in [3.8, 4) is 0 Å².